The van der Waals surface area contributed by atoms with Crippen LogP contribution in [0.3, 0.4) is 0 Å². The highest BCUT2D eigenvalue weighted by Crippen LogP contribution is 2.30. The van der Waals surface area contributed by atoms with Gasteiger partial charge in [0.2, 0.25) is 5.91 Å². The lowest BCUT2D eigenvalue weighted by atomic mass is 9.89. The third kappa shape index (κ3) is 5.84. The Bertz CT molecular complexity index is 1240. The number of benzene rings is 2. The number of methoxy groups -OCH3 is 1. The normalized spacial score (nSPS) is 14.2. The summed E-state index contributed by atoms with van der Waals surface area (Å²) in [6.07, 6.45) is 1.65. The molecule has 1 saturated heterocycles. The molecule has 0 radical (unpaired) electrons. The quantitative estimate of drug-likeness (QED) is 0.453. The number of hydrogen-bond donors (Lipinski definition) is 1. The summed E-state index contributed by atoms with van der Waals surface area (Å²) in [5, 5.41) is 7.12. The van der Waals surface area contributed by atoms with E-state index in [1.807, 2.05) is 24.3 Å². The Kier molecular flexibility index (Phi) is 7.88. The molecule has 0 spiro atoms. The zero-order valence-corrected chi connectivity index (χ0v) is 20.8. The molecular formula is C26H27ClF2N4O3. The van der Waals surface area contributed by atoms with Gasteiger partial charge in [-0.3, -0.25) is 9.59 Å². The summed E-state index contributed by atoms with van der Waals surface area (Å²) in [7, 11) is 1.56. The molecule has 0 saturated carbocycles. The van der Waals surface area contributed by atoms with E-state index in [4.69, 9.17) is 16.3 Å². The minimum atomic E-state index is -2.77. The average Bonchev–Trinajstić information content (AvgIpc) is 3.27. The fraction of sp³-hybridized carbons (Fsp3) is 0.346. The lowest BCUT2D eigenvalue weighted by Crippen LogP contribution is -2.38. The molecule has 0 aliphatic carbocycles. The van der Waals surface area contributed by atoms with Crippen LogP contribution in [0.4, 0.5) is 14.5 Å². The van der Waals surface area contributed by atoms with Crippen molar-refractivity contribution in [3.63, 3.8) is 0 Å². The molecule has 7 nitrogen and oxygen atoms in total. The molecule has 2 aromatic carbocycles. The first-order valence-corrected chi connectivity index (χ1v) is 12.0. The molecule has 1 aliphatic heterocycles. The molecule has 4 rings (SSSR count). The Balaban J connectivity index is 1.30. The van der Waals surface area contributed by atoms with Gasteiger partial charge < -0.3 is 15.0 Å². The highest BCUT2D eigenvalue weighted by molar-refractivity contribution is 6.31. The summed E-state index contributed by atoms with van der Waals surface area (Å²) in [6.45, 7) is -0.232. The van der Waals surface area contributed by atoms with Crippen molar-refractivity contribution in [1.82, 2.24) is 14.7 Å². The number of anilines is 1. The Labute approximate surface area is 213 Å². The van der Waals surface area contributed by atoms with E-state index >= 15 is 0 Å². The molecule has 3 aromatic rings. The molecule has 36 heavy (non-hydrogen) atoms. The number of halogens is 3. The number of nitrogens with one attached hydrogen (secondary N) is 1. The van der Waals surface area contributed by atoms with Crippen LogP contribution in [0.15, 0.2) is 48.5 Å². The number of aryl methyl sites for hydroxylation is 1. The standard InChI is InChI=1S/C26H27ClF2N4O3/c1-16-13-23(31-33(16)26(28)29)25(35)32-11-9-18(10-12-32)17-3-6-20(7-4-17)30-24(34)14-19-5-8-21(36-2)15-22(19)27/h3-8,13,15,18,26H,9-12,14H2,1-2H3,(H,30,34). The van der Waals surface area contributed by atoms with Crippen molar-refractivity contribution >= 4 is 29.1 Å². The molecular weight excluding hydrogens is 490 g/mol. The number of likely N-dealkylation sites (tertiary alicyclic amines) is 1. The largest absolute Gasteiger partial charge is 0.497 e. The number of amides is 2. The topological polar surface area (TPSA) is 76.5 Å². The van der Waals surface area contributed by atoms with Gasteiger partial charge in [-0.05, 0) is 67.1 Å². The van der Waals surface area contributed by atoms with E-state index in [0.29, 0.717) is 39.8 Å². The Morgan fingerprint density at radius 2 is 1.83 bits per heavy atom. The van der Waals surface area contributed by atoms with Crippen LogP contribution in [0.1, 0.15) is 52.6 Å². The molecule has 1 fully saturated rings. The number of rotatable bonds is 7. The van der Waals surface area contributed by atoms with Crippen molar-refractivity contribution in [2.24, 2.45) is 0 Å². The van der Waals surface area contributed by atoms with E-state index in [2.05, 4.69) is 10.4 Å². The summed E-state index contributed by atoms with van der Waals surface area (Å²) in [5.41, 5.74) is 2.82. The highest BCUT2D eigenvalue weighted by atomic mass is 35.5. The molecule has 2 amide bonds. The van der Waals surface area contributed by atoms with Crippen LogP contribution in [0.5, 0.6) is 5.75 Å². The lowest BCUT2D eigenvalue weighted by molar-refractivity contribution is -0.115. The van der Waals surface area contributed by atoms with Crippen LogP contribution >= 0.6 is 11.6 Å². The zero-order chi connectivity index (χ0) is 25.8. The molecule has 2 heterocycles. The second-order valence-electron chi connectivity index (χ2n) is 8.76. The van der Waals surface area contributed by atoms with Gasteiger partial charge in [-0.25, -0.2) is 4.68 Å². The number of aromatic nitrogens is 2. The van der Waals surface area contributed by atoms with E-state index in [9.17, 15) is 18.4 Å². The number of hydrogen-bond acceptors (Lipinski definition) is 4. The number of ether oxygens (including phenoxy) is 1. The van der Waals surface area contributed by atoms with E-state index in [1.54, 1.807) is 30.2 Å². The van der Waals surface area contributed by atoms with Crippen molar-refractivity contribution < 1.29 is 23.1 Å². The number of carbonyl (C=O) groups is 2. The molecule has 0 bridgehead atoms. The summed E-state index contributed by atoms with van der Waals surface area (Å²) in [6, 6.07) is 14.3. The molecule has 190 valence electrons. The van der Waals surface area contributed by atoms with Crippen molar-refractivity contribution in [1.29, 1.82) is 0 Å². The number of carbonyl (C=O) groups excluding carboxylic acids is 2. The van der Waals surface area contributed by atoms with Crippen LogP contribution in [0.2, 0.25) is 5.02 Å². The van der Waals surface area contributed by atoms with Crippen LogP contribution in [0, 0.1) is 6.92 Å². The van der Waals surface area contributed by atoms with Gasteiger partial charge in [-0.2, -0.15) is 13.9 Å². The zero-order valence-electron chi connectivity index (χ0n) is 20.0. The van der Waals surface area contributed by atoms with Crippen molar-refractivity contribution in [2.75, 3.05) is 25.5 Å². The van der Waals surface area contributed by atoms with E-state index < -0.39 is 6.55 Å². The third-order valence-corrected chi connectivity index (χ3v) is 6.74. The van der Waals surface area contributed by atoms with Gasteiger partial charge in [0.1, 0.15) is 5.75 Å². The predicted molar refractivity (Wildman–Crippen MR) is 133 cm³/mol. The summed E-state index contributed by atoms with van der Waals surface area (Å²) in [4.78, 5) is 26.8. The van der Waals surface area contributed by atoms with E-state index in [1.165, 1.54) is 13.0 Å². The second-order valence-corrected chi connectivity index (χ2v) is 9.17. The molecule has 0 unspecified atom stereocenters. The van der Waals surface area contributed by atoms with Gasteiger partial charge in [-0.1, -0.05) is 29.8 Å². The molecule has 1 N–H and O–H groups in total. The minimum Gasteiger partial charge on any atom is -0.497 e. The van der Waals surface area contributed by atoms with Gasteiger partial charge in [0.05, 0.1) is 13.5 Å². The highest BCUT2D eigenvalue weighted by Gasteiger charge is 2.27. The lowest BCUT2D eigenvalue weighted by Gasteiger charge is -2.32. The fourth-order valence-corrected chi connectivity index (χ4v) is 4.62. The smallest absolute Gasteiger partial charge is 0.333 e. The molecule has 0 atom stereocenters. The summed E-state index contributed by atoms with van der Waals surface area (Å²) >= 11 is 6.23. The maximum Gasteiger partial charge on any atom is 0.333 e. The second kappa shape index (κ2) is 11.1. The van der Waals surface area contributed by atoms with Crippen molar-refractivity contribution in [3.8, 4) is 5.75 Å². The first-order valence-electron chi connectivity index (χ1n) is 11.6. The van der Waals surface area contributed by atoms with Crippen LogP contribution in [0.25, 0.3) is 0 Å². The first-order chi connectivity index (χ1) is 17.2. The van der Waals surface area contributed by atoms with Crippen LogP contribution < -0.4 is 10.1 Å². The van der Waals surface area contributed by atoms with Gasteiger partial charge >= 0.3 is 6.55 Å². The monoisotopic (exact) mass is 516 g/mol. The van der Waals surface area contributed by atoms with Gasteiger partial charge in [0.15, 0.2) is 5.69 Å². The Morgan fingerprint density at radius 3 is 2.42 bits per heavy atom. The molecule has 1 aliphatic rings. The average molecular weight is 517 g/mol. The number of nitrogens with zero attached hydrogens (tertiary/aromatic N) is 3. The SMILES string of the molecule is COc1ccc(CC(=O)Nc2ccc(C3CCN(C(=O)c4cc(C)n(C(F)F)n4)CC3)cc2)c(Cl)c1. The first kappa shape index (κ1) is 25.6. The maximum absolute atomic E-state index is 13.0. The maximum atomic E-state index is 13.0. The van der Waals surface area contributed by atoms with Gasteiger partial charge in [-0.15, -0.1) is 0 Å². The van der Waals surface area contributed by atoms with E-state index in [-0.39, 0.29) is 35.5 Å². The third-order valence-electron chi connectivity index (χ3n) is 6.39. The summed E-state index contributed by atoms with van der Waals surface area (Å²) in [5.74, 6) is 0.391. The fourth-order valence-electron chi connectivity index (χ4n) is 4.38. The molecule has 10 heteroatoms. The summed E-state index contributed by atoms with van der Waals surface area (Å²) < 4.78 is 31.6. The van der Waals surface area contributed by atoms with E-state index in [0.717, 1.165) is 18.4 Å². The minimum absolute atomic E-state index is 0.0438. The number of piperidine rings is 1. The Morgan fingerprint density at radius 1 is 1.14 bits per heavy atom. The van der Waals surface area contributed by atoms with Crippen LogP contribution in [-0.4, -0.2) is 46.7 Å². The van der Waals surface area contributed by atoms with Gasteiger partial charge in [0, 0.05) is 29.5 Å². The Hall–Kier alpha value is -3.46. The van der Waals surface area contributed by atoms with Gasteiger partial charge in [0.25, 0.3) is 5.91 Å². The molecule has 1 aromatic heterocycles. The van der Waals surface area contributed by atoms with Crippen LogP contribution in [-0.2, 0) is 11.2 Å². The van der Waals surface area contributed by atoms with Crippen molar-refractivity contribution in [2.45, 2.75) is 38.7 Å². The predicted octanol–water partition coefficient (Wildman–Crippen LogP) is 5.45. The number of alkyl halides is 2. The van der Waals surface area contributed by atoms with Crippen molar-refractivity contribution in [3.05, 3.63) is 76.1 Å².